The molecule has 3 fully saturated rings. The molecule has 0 radical (unpaired) electrons. The molecule has 1 aliphatic carbocycles. The summed E-state index contributed by atoms with van der Waals surface area (Å²) in [6, 6.07) is -5.70. The lowest BCUT2D eigenvalue weighted by Gasteiger charge is -2.38. The number of aliphatic hydroxyl groups is 1. The summed E-state index contributed by atoms with van der Waals surface area (Å²) in [4.78, 5) is 113. The van der Waals surface area contributed by atoms with E-state index in [1.807, 2.05) is 6.92 Å². The molecular weight excluding hydrogens is 740 g/mol. The quantitative estimate of drug-likeness (QED) is 0.0838. The van der Waals surface area contributed by atoms with Gasteiger partial charge in [-0.05, 0) is 90.5 Å². The van der Waals surface area contributed by atoms with Crippen LogP contribution in [0.2, 0.25) is 0 Å². The van der Waals surface area contributed by atoms with E-state index in [1.165, 1.54) is 30.6 Å². The van der Waals surface area contributed by atoms with Gasteiger partial charge in [-0.3, -0.25) is 33.6 Å². The molecule has 3 aliphatic rings. The van der Waals surface area contributed by atoms with E-state index in [4.69, 9.17) is 15.3 Å². The van der Waals surface area contributed by atoms with Crippen LogP contribution in [0.25, 0.3) is 0 Å². The van der Waals surface area contributed by atoms with Crippen molar-refractivity contribution >= 4 is 47.5 Å². The highest BCUT2D eigenvalue weighted by Gasteiger charge is 2.41. The van der Waals surface area contributed by atoms with Crippen molar-refractivity contribution in [3.05, 3.63) is 0 Å². The van der Waals surface area contributed by atoms with Gasteiger partial charge in [-0.15, -0.1) is 0 Å². The summed E-state index contributed by atoms with van der Waals surface area (Å²) in [5.41, 5.74) is 5.74. The van der Waals surface area contributed by atoms with Gasteiger partial charge in [0.1, 0.15) is 36.3 Å². The fourth-order valence-electron chi connectivity index (χ4n) is 7.86. The number of amides is 7. The van der Waals surface area contributed by atoms with E-state index in [0.29, 0.717) is 89.8 Å². The Balaban J connectivity index is 0.00000362. The zero-order valence-electron chi connectivity index (χ0n) is 34.1. The number of rotatable bonds is 19. The van der Waals surface area contributed by atoms with Crippen molar-refractivity contribution < 1.29 is 48.3 Å². The smallest absolute Gasteiger partial charge is 0.373 e. The summed E-state index contributed by atoms with van der Waals surface area (Å²) < 4.78 is 0. The minimum absolute atomic E-state index is 0.250. The number of nitrogens with zero attached hydrogens (tertiary/aromatic N) is 2. The van der Waals surface area contributed by atoms with E-state index in [-0.39, 0.29) is 18.6 Å². The molecule has 0 aromatic rings. The second kappa shape index (κ2) is 25.8. The molecule has 7 atom stereocenters. The number of aliphatic hydroxyl groups excluding tert-OH is 1. The first-order valence-corrected chi connectivity index (χ1v) is 20.6. The lowest BCUT2D eigenvalue weighted by molar-refractivity contribution is -0.191. The second-order valence-corrected chi connectivity index (χ2v) is 15.4. The minimum atomic E-state index is -1.19. The van der Waals surface area contributed by atoms with Crippen LogP contribution in [0.3, 0.4) is 0 Å². The minimum Gasteiger partial charge on any atom is -0.391 e. The number of hydrogen-bond donors (Lipinski definition) is 7. The van der Waals surface area contributed by atoms with Gasteiger partial charge < -0.3 is 47.2 Å². The van der Waals surface area contributed by atoms with Crippen LogP contribution in [0, 0.1) is 5.92 Å². The molecule has 0 unspecified atom stereocenters. The first-order chi connectivity index (χ1) is 27.2. The standard InChI is InChI=1S/C38H66N8O8.CO2/c1-5-20-40-36(52)32(25(3)47)44-35(51)31-18-13-22-45(31)37(53)24(2)41-34(50)30-17-10-12-21-46(30)38(54)28(16-9-11-19-39)43-33(49)29(42-26(4)48)23-27-14-7-6-8-15-27;2-1-3/h24-25,27-32,47H,5-23,39H2,1-4H3,(H,40,52)(H,41,50)(H,42,48)(H,43,49)(H,44,51);/t24-,25+,28-,29-,30-,31-,32-;/m0./s1. The van der Waals surface area contributed by atoms with Crippen LogP contribution in [-0.4, -0.2) is 131 Å². The molecular formula is C39H66N8O10. The molecule has 0 spiro atoms. The predicted octanol–water partition coefficient (Wildman–Crippen LogP) is -0.240. The summed E-state index contributed by atoms with van der Waals surface area (Å²) in [6.45, 7) is 7.56. The fourth-order valence-corrected chi connectivity index (χ4v) is 7.86. The third-order valence-electron chi connectivity index (χ3n) is 10.8. The van der Waals surface area contributed by atoms with Gasteiger partial charge in [0, 0.05) is 26.6 Å². The van der Waals surface area contributed by atoms with Crippen molar-refractivity contribution in [2.75, 3.05) is 26.2 Å². The molecule has 57 heavy (non-hydrogen) atoms. The molecule has 18 nitrogen and oxygen atoms in total. The molecule has 8 N–H and O–H groups in total. The first kappa shape index (κ1) is 48.7. The maximum Gasteiger partial charge on any atom is 0.373 e. The number of likely N-dealkylation sites (tertiary alicyclic amines) is 2. The number of unbranched alkanes of at least 4 members (excludes halogenated alkanes) is 1. The van der Waals surface area contributed by atoms with Crippen LogP contribution in [0.1, 0.15) is 124 Å². The topological polar surface area (TPSA) is 267 Å². The van der Waals surface area contributed by atoms with Crippen molar-refractivity contribution in [1.82, 2.24) is 36.4 Å². The number of carbonyl (C=O) groups is 7. The van der Waals surface area contributed by atoms with Crippen LogP contribution in [0.4, 0.5) is 0 Å². The normalized spacial score (nSPS) is 20.9. The average molecular weight is 807 g/mol. The van der Waals surface area contributed by atoms with Gasteiger partial charge in [-0.1, -0.05) is 39.0 Å². The van der Waals surface area contributed by atoms with Gasteiger partial charge in [0.05, 0.1) is 6.10 Å². The zero-order chi connectivity index (χ0) is 42.5. The molecule has 1 saturated carbocycles. The highest BCUT2D eigenvalue weighted by Crippen LogP contribution is 2.28. The Morgan fingerprint density at radius 1 is 0.737 bits per heavy atom. The monoisotopic (exact) mass is 806 g/mol. The van der Waals surface area contributed by atoms with Crippen LogP contribution < -0.4 is 32.3 Å². The van der Waals surface area contributed by atoms with Crippen LogP contribution >= 0.6 is 0 Å². The zero-order valence-corrected chi connectivity index (χ0v) is 34.1. The van der Waals surface area contributed by atoms with Crippen molar-refractivity contribution in [3.8, 4) is 0 Å². The van der Waals surface area contributed by atoms with Crippen molar-refractivity contribution in [1.29, 1.82) is 0 Å². The van der Waals surface area contributed by atoms with Crippen LogP contribution in [0.15, 0.2) is 0 Å². The van der Waals surface area contributed by atoms with Gasteiger partial charge in [-0.25, -0.2) is 0 Å². The van der Waals surface area contributed by atoms with Crippen molar-refractivity contribution in [3.63, 3.8) is 0 Å². The van der Waals surface area contributed by atoms with E-state index < -0.39 is 77.8 Å². The molecule has 3 rings (SSSR count). The summed E-state index contributed by atoms with van der Waals surface area (Å²) in [5, 5.41) is 23.9. The molecule has 2 saturated heterocycles. The molecule has 0 aromatic heterocycles. The van der Waals surface area contributed by atoms with Gasteiger partial charge in [0.25, 0.3) is 0 Å². The Morgan fingerprint density at radius 2 is 1.32 bits per heavy atom. The number of nitrogens with one attached hydrogen (secondary N) is 5. The summed E-state index contributed by atoms with van der Waals surface area (Å²) in [6.07, 6.45) is 9.69. The second-order valence-electron chi connectivity index (χ2n) is 15.4. The van der Waals surface area contributed by atoms with E-state index >= 15 is 0 Å². The fraction of sp³-hybridized carbons (Fsp3) is 0.795. The molecule has 18 heteroatoms. The highest BCUT2D eigenvalue weighted by atomic mass is 16.3. The SMILES string of the molecule is CCCNC(=O)[C@@H](NC(=O)[C@@H]1CCCN1C(=O)[C@H](C)NC(=O)[C@@H]1CCCCN1C(=O)[C@H](CCCCN)NC(=O)[C@H](CC1CCCCC1)NC(C)=O)[C@@H](C)O.O=C=O. The van der Waals surface area contributed by atoms with E-state index in [1.54, 1.807) is 0 Å². The lowest BCUT2D eigenvalue weighted by atomic mass is 9.84. The maximum atomic E-state index is 14.2. The molecule has 322 valence electrons. The summed E-state index contributed by atoms with van der Waals surface area (Å²) in [5.74, 6) is -2.92. The maximum absolute atomic E-state index is 14.2. The Hall–Kier alpha value is -4.41. The van der Waals surface area contributed by atoms with Gasteiger partial charge in [0.15, 0.2) is 0 Å². The predicted molar refractivity (Wildman–Crippen MR) is 207 cm³/mol. The number of piperidine rings is 1. The molecule has 2 heterocycles. The molecule has 0 aromatic carbocycles. The van der Waals surface area contributed by atoms with Gasteiger partial charge in [0.2, 0.25) is 41.4 Å². The Bertz CT molecular complexity index is 1380. The van der Waals surface area contributed by atoms with Crippen LogP contribution in [-0.2, 0) is 43.2 Å². The lowest BCUT2D eigenvalue weighted by Crippen LogP contribution is -2.61. The molecule has 7 amide bonds. The molecule has 2 aliphatic heterocycles. The van der Waals surface area contributed by atoms with E-state index in [0.717, 1.165) is 32.1 Å². The number of hydrogen-bond acceptors (Lipinski definition) is 11. The third kappa shape index (κ3) is 15.8. The summed E-state index contributed by atoms with van der Waals surface area (Å²) in [7, 11) is 0. The van der Waals surface area contributed by atoms with E-state index in [2.05, 4.69) is 26.6 Å². The Kier molecular flexibility index (Phi) is 22.0. The highest BCUT2D eigenvalue weighted by molar-refractivity contribution is 5.97. The third-order valence-corrected chi connectivity index (χ3v) is 10.8. The summed E-state index contributed by atoms with van der Waals surface area (Å²) >= 11 is 0. The van der Waals surface area contributed by atoms with Crippen molar-refractivity contribution in [2.45, 2.75) is 166 Å². The largest absolute Gasteiger partial charge is 0.391 e. The first-order valence-electron chi connectivity index (χ1n) is 20.6. The van der Waals surface area contributed by atoms with Gasteiger partial charge >= 0.3 is 6.15 Å². The number of nitrogens with two attached hydrogens (primary N) is 1. The van der Waals surface area contributed by atoms with E-state index in [9.17, 15) is 38.7 Å². The molecule has 0 bridgehead atoms. The van der Waals surface area contributed by atoms with Gasteiger partial charge in [-0.2, -0.15) is 9.59 Å². The average Bonchev–Trinajstić information content (AvgIpc) is 3.68. The Labute approximate surface area is 335 Å². The van der Waals surface area contributed by atoms with Crippen LogP contribution in [0.5, 0.6) is 0 Å². The van der Waals surface area contributed by atoms with Crippen molar-refractivity contribution in [2.24, 2.45) is 11.7 Å². The number of carbonyl (C=O) groups excluding carboxylic acids is 9. The Morgan fingerprint density at radius 3 is 1.91 bits per heavy atom.